The van der Waals surface area contributed by atoms with Gasteiger partial charge < -0.3 is 20.2 Å². The summed E-state index contributed by atoms with van der Waals surface area (Å²) in [6, 6.07) is 6.85. The first-order valence-corrected chi connectivity index (χ1v) is 12.5. The summed E-state index contributed by atoms with van der Waals surface area (Å²) >= 11 is 4.98. The number of aromatic nitrogens is 2. The fraction of sp³-hybridized carbons (Fsp3) is 0.333. The van der Waals surface area contributed by atoms with Gasteiger partial charge in [-0.25, -0.2) is 9.97 Å². The number of carbonyl (C=O) groups is 2. The number of anilines is 1. The number of fused-ring (bicyclic) bond motifs is 1. The van der Waals surface area contributed by atoms with Gasteiger partial charge in [-0.1, -0.05) is 6.07 Å². The molecule has 3 atom stereocenters. The Hall–Kier alpha value is -2.66. The molecule has 3 unspecified atom stereocenters. The molecule has 3 aromatic rings. The van der Waals surface area contributed by atoms with Gasteiger partial charge in [0.1, 0.15) is 18.4 Å². The van der Waals surface area contributed by atoms with Crippen LogP contribution in [0.4, 0.5) is 5.82 Å². The van der Waals surface area contributed by atoms with Crippen LogP contribution in [-0.4, -0.2) is 70.3 Å². The van der Waals surface area contributed by atoms with Gasteiger partial charge in [-0.3, -0.25) is 9.69 Å². The number of ether oxygens (including phenoxy) is 1. The summed E-state index contributed by atoms with van der Waals surface area (Å²) in [6.07, 6.45) is 5.73. The molecule has 1 aliphatic rings. The lowest BCUT2D eigenvalue weighted by Gasteiger charge is -2.48. The molecule has 10 heteroatoms. The zero-order chi connectivity index (χ0) is 24.2. The average Bonchev–Trinajstić information content (AvgIpc) is 3.25. The van der Waals surface area contributed by atoms with E-state index < -0.39 is 12.1 Å². The number of halogens is 1. The Balaban J connectivity index is 1.57. The molecule has 1 aromatic carbocycles. The van der Waals surface area contributed by atoms with Crippen molar-refractivity contribution in [3.8, 4) is 0 Å². The third-order valence-electron chi connectivity index (χ3n) is 6.04. The number of carbonyl (C=O) groups excluding carboxylic acids is 2. The van der Waals surface area contributed by atoms with Gasteiger partial charge in [0.25, 0.3) is 0 Å². The number of methoxy groups -OCH3 is 1. The van der Waals surface area contributed by atoms with E-state index in [1.165, 1.54) is 6.33 Å². The first-order chi connectivity index (χ1) is 16.4. The summed E-state index contributed by atoms with van der Waals surface area (Å²) in [5.41, 5.74) is 7.71. The topological polar surface area (TPSA) is 102 Å². The monoisotopic (exact) mass is 543 g/mol. The molecule has 0 radical (unpaired) electrons. The van der Waals surface area contributed by atoms with Crippen molar-refractivity contribution in [3.63, 3.8) is 0 Å². The van der Waals surface area contributed by atoms with E-state index in [-0.39, 0.29) is 18.6 Å². The number of amides is 1. The van der Waals surface area contributed by atoms with E-state index in [1.807, 2.05) is 36.6 Å². The molecule has 178 valence electrons. The third kappa shape index (κ3) is 5.20. The number of rotatable bonds is 7. The van der Waals surface area contributed by atoms with E-state index >= 15 is 0 Å². The largest absolute Gasteiger partial charge is 0.383 e. The summed E-state index contributed by atoms with van der Waals surface area (Å²) in [7, 11) is 1.58. The molecule has 0 spiro atoms. The Kier molecular flexibility index (Phi) is 7.72. The molecule has 1 fully saturated rings. The molecule has 2 N–H and O–H groups in total. The predicted molar refractivity (Wildman–Crippen MR) is 137 cm³/mol. The molecule has 1 aliphatic heterocycles. The molecule has 1 amide bonds. The first-order valence-electron chi connectivity index (χ1n) is 10.8. The first kappa shape index (κ1) is 24.5. The second-order valence-electron chi connectivity index (χ2n) is 8.27. The van der Waals surface area contributed by atoms with E-state index in [0.717, 1.165) is 32.1 Å². The fourth-order valence-corrected chi connectivity index (χ4v) is 5.70. The Morgan fingerprint density at radius 3 is 2.88 bits per heavy atom. The average molecular weight is 544 g/mol. The molecule has 2 aromatic heterocycles. The van der Waals surface area contributed by atoms with Gasteiger partial charge in [0.15, 0.2) is 0 Å². The lowest BCUT2D eigenvalue weighted by atomic mass is 9.97. The molecule has 3 heterocycles. The van der Waals surface area contributed by atoms with Crippen molar-refractivity contribution in [2.75, 3.05) is 26.0 Å². The lowest BCUT2D eigenvalue weighted by Crippen LogP contribution is -2.65. The van der Waals surface area contributed by atoms with Crippen molar-refractivity contribution >= 4 is 62.3 Å². The second kappa shape index (κ2) is 10.7. The maximum atomic E-state index is 13.1. The van der Waals surface area contributed by atoms with Gasteiger partial charge in [-0.15, -0.1) is 11.3 Å². The van der Waals surface area contributed by atoms with Gasteiger partial charge in [0, 0.05) is 52.4 Å². The van der Waals surface area contributed by atoms with E-state index in [0.29, 0.717) is 18.9 Å². The van der Waals surface area contributed by atoms with E-state index in [1.54, 1.807) is 35.5 Å². The summed E-state index contributed by atoms with van der Waals surface area (Å²) in [4.78, 5) is 38.6. The zero-order valence-corrected chi connectivity index (χ0v) is 21.3. The van der Waals surface area contributed by atoms with Gasteiger partial charge in [0.05, 0.1) is 24.2 Å². The molecular formula is C24H26BrN5O3S. The van der Waals surface area contributed by atoms with E-state index in [2.05, 4.69) is 30.8 Å². The van der Waals surface area contributed by atoms with Gasteiger partial charge in [-0.05, 0) is 52.7 Å². The molecule has 4 rings (SSSR count). The Morgan fingerprint density at radius 2 is 2.18 bits per heavy atom. The van der Waals surface area contributed by atoms with Crippen LogP contribution in [0, 0.1) is 0 Å². The minimum absolute atomic E-state index is 0.0392. The fourth-order valence-electron chi connectivity index (χ4n) is 4.36. The summed E-state index contributed by atoms with van der Waals surface area (Å²) in [5, 5.41) is 2.76. The molecule has 8 nitrogen and oxygen atoms in total. The van der Waals surface area contributed by atoms with Crippen molar-refractivity contribution in [3.05, 3.63) is 57.0 Å². The number of benzene rings is 1. The predicted octanol–water partition coefficient (Wildman–Crippen LogP) is 3.36. The number of aldehydes is 1. The lowest BCUT2D eigenvalue weighted by molar-refractivity contribution is -0.141. The van der Waals surface area contributed by atoms with Crippen LogP contribution in [0.25, 0.3) is 17.0 Å². The van der Waals surface area contributed by atoms with Crippen LogP contribution in [-0.2, 0) is 20.9 Å². The van der Waals surface area contributed by atoms with Crippen molar-refractivity contribution in [2.24, 2.45) is 0 Å². The van der Waals surface area contributed by atoms with Crippen LogP contribution in [0.5, 0.6) is 0 Å². The van der Waals surface area contributed by atoms with Gasteiger partial charge in [0.2, 0.25) is 5.91 Å². The zero-order valence-electron chi connectivity index (χ0n) is 18.9. The number of nitrogens with two attached hydrogens (primary N) is 1. The summed E-state index contributed by atoms with van der Waals surface area (Å²) < 4.78 is 6.41. The highest BCUT2D eigenvalue weighted by Gasteiger charge is 2.41. The van der Waals surface area contributed by atoms with Crippen LogP contribution in [0.15, 0.2) is 46.5 Å². The molecule has 1 saturated heterocycles. The van der Waals surface area contributed by atoms with Crippen LogP contribution in [0.2, 0.25) is 0 Å². The number of hydrogen-bond acceptors (Lipinski definition) is 8. The SMILES string of the molecule is COCC1C(C=O)N(Cc2ccc3c(N)ncnc3c2)C(C)CN1C(=O)C=Cc1cc(Br)cs1. The number of nitrogens with zero attached hydrogens (tertiary/aromatic N) is 4. The highest BCUT2D eigenvalue weighted by Crippen LogP contribution is 2.27. The Morgan fingerprint density at radius 1 is 1.35 bits per heavy atom. The molecule has 0 aliphatic carbocycles. The summed E-state index contributed by atoms with van der Waals surface area (Å²) in [6.45, 7) is 3.31. The Bertz CT molecular complexity index is 1220. The standard InChI is InChI=1S/C24H26BrN5O3S/c1-15-9-30(23(32)6-4-18-8-17(25)13-34-18)22(12-33-2)21(11-31)29(15)10-16-3-5-19-20(7-16)27-14-28-24(19)26/h3-8,11,13-15,21-22H,9-10,12H2,1-2H3,(H2,26,27,28). The van der Waals surface area contributed by atoms with Crippen LogP contribution >= 0.6 is 27.3 Å². The van der Waals surface area contributed by atoms with E-state index in [4.69, 9.17) is 10.5 Å². The second-order valence-corrected chi connectivity index (χ2v) is 10.1. The minimum Gasteiger partial charge on any atom is -0.383 e. The highest BCUT2D eigenvalue weighted by atomic mass is 79.9. The van der Waals surface area contributed by atoms with Gasteiger partial charge in [-0.2, -0.15) is 0 Å². The normalized spacial score (nSPS) is 21.4. The Labute approximate surface area is 210 Å². The smallest absolute Gasteiger partial charge is 0.247 e. The summed E-state index contributed by atoms with van der Waals surface area (Å²) in [5.74, 6) is 0.300. The quantitative estimate of drug-likeness (QED) is 0.360. The minimum atomic E-state index is -0.511. The van der Waals surface area contributed by atoms with E-state index in [9.17, 15) is 9.59 Å². The molecule has 0 bridgehead atoms. The molecular weight excluding hydrogens is 518 g/mol. The van der Waals surface area contributed by atoms with Crippen LogP contribution in [0.1, 0.15) is 17.4 Å². The maximum Gasteiger partial charge on any atom is 0.247 e. The van der Waals surface area contributed by atoms with Crippen molar-refractivity contribution in [2.45, 2.75) is 31.6 Å². The maximum absolute atomic E-state index is 13.1. The van der Waals surface area contributed by atoms with Crippen LogP contribution < -0.4 is 5.73 Å². The van der Waals surface area contributed by atoms with Crippen molar-refractivity contribution < 1.29 is 14.3 Å². The van der Waals surface area contributed by atoms with Crippen LogP contribution in [0.3, 0.4) is 0 Å². The molecule has 34 heavy (non-hydrogen) atoms. The highest BCUT2D eigenvalue weighted by molar-refractivity contribution is 9.10. The number of nitrogen functional groups attached to an aromatic ring is 1. The van der Waals surface area contributed by atoms with Gasteiger partial charge >= 0.3 is 0 Å². The number of thiophene rings is 1. The van der Waals surface area contributed by atoms with Crippen molar-refractivity contribution in [1.82, 2.24) is 19.8 Å². The molecule has 0 saturated carbocycles. The van der Waals surface area contributed by atoms with Crippen molar-refractivity contribution in [1.29, 1.82) is 0 Å². The third-order valence-corrected chi connectivity index (χ3v) is 7.70. The number of piperazine rings is 1. The number of hydrogen-bond donors (Lipinski definition) is 1.